The number of alkyl halides is 3. The van der Waals surface area contributed by atoms with Gasteiger partial charge < -0.3 is 10.2 Å². The van der Waals surface area contributed by atoms with Crippen LogP contribution in [0, 0.1) is 0 Å². The largest absolute Gasteiger partial charge is 0.433 e. The van der Waals surface area contributed by atoms with E-state index in [2.05, 4.69) is 10.3 Å². The van der Waals surface area contributed by atoms with Crippen LogP contribution in [0.15, 0.2) is 18.2 Å². The molecule has 1 saturated heterocycles. The van der Waals surface area contributed by atoms with Crippen molar-refractivity contribution in [1.82, 2.24) is 10.3 Å². The lowest BCUT2D eigenvalue weighted by atomic mass is 10.1. The van der Waals surface area contributed by atoms with Crippen LogP contribution in [0.3, 0.4) is 0 Å². The van der Waals surface area contributed by atoms with Crippen LogP contribution in [0.2, 0.25) is 0 Å². The van der Waals surface area contributed by atoms with Crippen molar-refractivity contribution in [3.8, 4) is 0 Å². The highest BCUT2D eigenvalue weighted by Gasteiger charge is 2.33. The summed E-state index contributed by atoms with van der Waals surface area (Å²) in [6.45, 7) is 2.56. The Morgan fingerprint density at radius 2 is 2.20 bits per heavy atom. The van der Waals surface area contributed by atoms with Gasteiger partial charge in [-0.3, -0.25) is 4.79 Å². The molecule has 110 valence electrons. The summed E-state index contributed by atoms with van der Waals surface area (Å²) < 4.78 is 37.9. The quantitative estimate of drug-likeness (QED) is 0.907. The molecule has 1 aliphatic rings. The first-order chi connectivity index (χ1) is 9.36. The molecule has 7 heteroatoms. The van der Waals surface area contributed by atoms with E-state index in [4.69, 9.17) is 0 Å². The second-order valence-electron chi connectivity index (χ2n) is 4.86. The fourth-order valence-electron chi connectivity index (χ4n) is 2.35. The van der Waals surface area contributed by atoms with Crippen LogP contribution in [0.4, 0.5) is 19.0 Å². The Labute approximate surface area is 115 Å². The van der Waals surface area contributed by atoms with E-state index in [-0.39, 0.29) is 11.9 Å². The van der Waals surface area contributed by atoms with Gasteiger partial charge in [-0.1, -0.05) is 6.07 Å². The van der Waals surface area contributed by atoms with Gasteiger partial charge in [0.25, 0.3) is 0 Å². The number of rotatable bonds is 2. The Morgan fingerprint density at radius 1 is 1.45 bits per heavy atom. The van der Waals surface area contributed by atoms with Crippen molar-refractivity contribution < 1.29 is 18.0 Å². The third kappa shape index (κ3) is 3.61. The number of nitrogens with one attached hydrogen (secondary N) is 1. The van der Waals surface area contributed by atoms with E-state index in [9.17, 15) is 18.0 Å². The molecule has 1 unspecified atom stereocenters. The number of amides is 1. The van der Waals surface area contributed by atoms with Crippen molar-refractivity contribution >= 4 is 11.7 Å². The molecule has 1 aromatic heterocycles. The Kier molecular flexibility index (Phi) is 4.15. The predicted molar refractivity (Wildman–Crippen MR) is 68.3 cm³/mol. The lowest BCUT2D eigenvalue weighted by Crippen LogP contribution is -2.47. The van der Waals surface area contributed by atoms with Gasteiger partial charge in [0.05, 0.1) is 0 Å². The Balaban J connectivity index is 2.13. The van der Waals surface area contributed by atoms with Crippen LogP contribution < -0.4 is 10.2 Å². The fourth-order valence-corrected chi connectivity index (χ4v) is 2.35. The van der Waals surface area contributed by atoms with Gasteiger partial charge >= 0.3 is 6.18 Å². The van der Waals surface area contributed by atoms with Crippen molar-refractivity contribution in [2.45, 2.75) is 32.0 Å². The summed E-state index contributed by atoms with van der Waals surface area (Å²) in [7, 11) is 0. The number of anilines is 1. The van der Waals surface area contributed by atoms with Gasteiger partial charge in [0.15, 0.2) is 0 Å². The van der Waals surface area contributed by atoms with Gasteiger partial charge in [-0.05, 0) is 25.0 Å². The Hall–Kier alpha value is -1.79. The zero-order valence-electron chi connectivity index (χ0n) is 11.1. The van der Waals surface area contributed by atoms with Crippen LogP contribution in [0.5, 0.6) is 0 Å². The lowest BCUT2D eigenvalue weighted by molar-refractivity contribution is -0.141. The minimum Gasteiger partial charge on any atom is -0.355 e. The van der Waals surface area contributed by atoms with Gasteiger partial charge in [0.1, 0.15) is 11.5 Å². The molecule has 20 heavy (non-hydrogen) atoms. The monoisotopic (exact) mass is 287 g/mol. The smallest absolute Gasteiger partial charge is 0.355 e. The summed E-state index contributed by atoms with van der Waals surface area (Å²) in [6, 6.07) is 3.83. The fraction of sp³-hybridized carbons (Fsp3) is 0.538. The molecule has 1 atom stereocenters. The van der Waals surface area contributed by atoms with Gasteiger partial charge in [0.2, 0.25) is 5.91 Å². The minimum atomic E-state index is -4.44. The molecule has 1 N–H and O–H groups in total. The number of aromatic nitrogens is 1. The molecular formula is C13H16F3N3O. The van der Waals surface area contributed by atoms with Crippen molar-refractivity contribution in [3.63, 3.8) is 0 Å². The highest BCUT2D eigenvalue weighted by molar-refractivity contribution is 5.73. The first-order valence-electron chi connectivity index (χ1n) is 6.42. The summed E-state index contributed by atoms with van der Waals surface area (Å²) >= 11 is 0. The molecule has 0 aliphatic carbocycles. The molecule has 1 aliphatic heterocycles. The van der Waals surface area contributed by atoms with Crippen molar-refractivity contribution in [1.29, 1.82) is 0 Å². The molecule has 2 heterocycles. The summed E-state index contributed by atoms with van der Waals surface area (Å²) in [6.07, 6.45) is -2.80. The van der Waals surface area contributed by atoms with Gasteiger partial charge in [-0.25, -0.2) is 4.98 Å². The van der Waals surface area contributed by atoms with Crippen LogP contribution in [0.25, 0.3) is 0 Å². The zero-order valence-corrected chi connectivity index (χ0v) is 11.1. The normalized spacial score (nSPS) is 19.8. The lowest BCUT2D eigenvalue weighted by Gasteiger charge is -2.34. The van der Waals surface area contributed by atoms with Crippen LogP contribution in [-0.2, 0) is 11.0 Å². The molecule has 0 spiro atoms. The summed E-state index contributed by atoms with van der Waals surface area (Å²) in [5.74, 6) is 0.170. The number of piperidine rings is 1. The molecule has 0 radical (unpaired) electrons. The molecule has 1 fully saturated rings. The second-order valence-corrected chi connectivity index (χ2v) is 4.86. The van der Waals surface area contributed by atoms with Crippen molar-refractivity contribution in [3.05, 3.63) is 23.9 Å². The van der Waals surface area contributed by atoms with Crippen LogP contribution >= 0.6 is 0 Å². The standard InChI is InChI=1S/C13H16F3N3O/c1-9(20)17-10-4-3-7-19(8-10)12-6-2-5-11(18-12)13(14,15)16/h2,5-6,10H,3-4,7-8H2,1H3,(H,17,20). The van der Waals surface area contributed by atoms with E-state index < -0.39 is 11.9 Å². The molecule has 4 nitrogen and oxygen atoms in total. The number of halogens is 3. The summed E-state index contributed by atoms with van der Waals surface area (Å²) in [5.41, 5.74) is -0.892. The first kappa shape index (κ1) is 14.6. The van der Waals surface area contributed by atoms with E-state index in [1.807, 2.05) is 0 Å². The maximum absolute atomic E-state index is 12.6. The second kappa shape index (κ2) is 5.68. The molecule has 0 bridgehead atoms. The Morgan fingerprint density at radius 3 is 2.85 bits per heavy atom. The number of hydrogen-bond donors (Lipinski definition) is 1. The van der Waals surface area contributed by atoms with Crippen LogP contribution in [0.1, 0.15) is 25.5 Å². The first-order valence-corrected chi connectivity index (χ1v) is 6.42. The predicted octanol–water partition coefficient (Wildman–Crippen LogP) is 2.21. The average Bonchev–Trinajstić information content (AvgIpc) is 2.37. The van der Waals surface area contributed by atoms with Gasteiger partial charge in [0, 0.05) is 26.1 Å². The number of carbonyl (C=O) groups is 1. The average molecular weight is 287 g/mol. The highest BCUT2D eigenvalue weighted by atomic mass is 19.4. The topological polar surface area (TPSA) is 45.2 Å². The van der Waals surface area contributed by atoms with E-state index in [0.717, 1.165) is 18.9 Å². The van der Waals surface area contributed by atoms with Gasteiger partial charge in [-0.15, -0.1) is 0 Å². The maximum atomic E-state index is 12.6. The van der Waals surface area contributed by atoms with E-state index in [0.29, 0.717) is 18.9 Å². The third-order valence-corrected chi connectivity index (χ3v) is 3.18. The number of carbonyl (C=O) groups excluding carboxylic acids is 1. The van der Waals surface area contributed by atoms with E-state index >= 15 is 0 Å². The molecular weight excluding hydrogens is 271 g/mol. The number of hydrogen-bond acceptors (Lipinski definition) is 3. The van der Waals surface area contributed by atoms with E-state index in [1.54, 1.807) is 11.0 Å². The molecule has 1 amide bonds. The molecule has 0 saturated carbocycles. The zero-order chi connectivity index (χ0) is 14.8. The SMILES string of the molecule is CC(=O)NC1CCCN(c2cccc(C(F)(F)F)n2)C1. The summed E-state index contributed by atoms with van der Waals surface area (Å²) in [4.78, 5) is 16.5. The number of pyridine rings is 1. The number of nitrogens with zero attached hydrogens (tertiary/aromatic N) is 2. The summed E-state index contributed by atoms with van der Waals surface area (Å²) in [5, 5.41) is 2.80. The molecule has 0 aromatic carbocycles. The molecule has 1 aromatic rings. The Bertz CT molecular complexity index is 490. The van der Waals surface area contributed by atoms with Crippen LogP contribution in [-0.4, -0.2) is 30.0 Å². The molecule has 2 rings (SSSR count). The van der Waals surface area contributed by atoms with Gasteiger partial charge in [-0.2, -0.15) is 13.2 Å². The minimum absolute atomic E-state index is 0.0439. The highest BCUT2D eigenvalue weighted by Crippen LogP contribution is 2.29. The van der Waals surface area contributed by atoms with Crippen molar-refractivity contribution in [2.24, 2.45) is 0 Å². The third-order valence-electron chi connectivity index (χ3n) is 3.18. The van der Waals surface area contributed by atoms with E-state index in [1.165, 1.54) is 13.0 Å². The maximum Gasteiger partial charge on any atom is 0.433 e. The van der Waals surface area contributed by atoms with Crippen molar-refractivity contribution in [2.75, 3.05) is 18.0 Å².